The van der Waals surface area contributed by atoms with Gasteiger partial charge in [-0.25, -0.2) is 0 Å². The summed E-state index contributed by atoms with van der Waals surface area (Å²) in [6, 6.07) is 0. The molecule has 2 nitrogen and oxygen atoms in total. The van der Waals surface area contributed by atoms with Gasteiger partial charge in [0.2, 0.25) is 0 Å². The molecule has 0 bridgehead atoms. The van der Waals surface area contributed by atoms with Crippen LogP contribution < -0.4 is 0 Å². The first-order valence-corrected chi connectivity index (χ1v) is 3.78. The Kier molecular flexibility index (Phi) is 18.6. The van der Waals surface area contributed by atoms with Gasteiger partial charge in [-0.15, -0.1) is 6.42 Å². The standard InChI is InChI=1S/C5H8.C4H6O.CH2O/c1-2-4-5-3-1;1-3-4-5-2;1-2/h1-2H,3-5H2;1H,4H2,2H3;1H2. The Morgan fingerprint density at radius 1 is 1.50 bits per heavy atom. The molecule has 0 aromatic carbocycles. The number of terminal acetylenes is 1. The number of rotatable bonds is 1. The molecule has 0 unspecified atom stereocenters. The third-order valence-electron chi connectivity index (χ3n) is 1.14. The van der Waals surface area contributed by atoms with Gasteiger partial charge in [0.05, 0.1) is 0 Å². The maximum absolute atomic E-state index is 8.00. The highest BCUT2D eigenvalue weighted by atomic mass is 16.5. The molecular formula is C10H16O2. The molecule has 1 rings (SSSR count). The highest BCUT2D eigenvalue weighted by Gasteiger charge is 1.84. The Bertz CT molecular complexity index is 127. The van der Waals surface area contributed by atoms with Crippen LogP contribution in [-0.4, -0.2) is 20.5 Å². The molecule has 0 N–H and O–H groups in total. The van der Waals surface area contributed by atoms with Gasteiger partial charge >= 0.3 is 0 Å². The smallest absolute Gasteiger partial charge is 0.107 e. The Hall–Kier alpha value is -1.07. The van der Waals surface area contributed by atoms with Gasteiger partial charge in [0, 0.05) is 7.11 Å². The van der Waals surface area contributed by atoms with Gasteiger partial charge in [-0.2, -0.15) is 0 Å². The molecular weight excluding hydrogens is 152 g/mol. The van der Waals surface area contributed by atoms with Crippen molar-refractivity contribution in [1.29, 1.82) is 0 Å². The fraction of sp³-hybridized carbons (Fsp3) is 0.500. The van der Waals surface area contributed by atoms with E-state index >= 15 is 0 Å². The summed E-state index contributed by atoms with van der Waals surface area (Å²) in [5.74, 6) is 2.30. The van der Waals surface area contributed by atoms with Crippen molar-refractivity contribution in [3.63, 3.8) is 0 Å². The maximum Gasteiger partial charge on any atom is 0.107 e. The second-order valence-electron chi connectivity index (χ2n) is 2.04. The maximum atomic E-state index is 8.00. The summed E-state index contributed by atoms with van der Waals surface area (Å²) in [5.41, 5.74) is 0. The SMILES string of the molecule is C#CCOC.C1=CCCC1.C=O. The minimum atomic E-state index is 0.417. The van der Waals surface area contributed by atoms with Crippen molar-refractivity contribution in [2.45, 2.75) is 19.3 Å². The topological polar surface area (TPSA) is 26.3 Å². The van der Waals surface area contributed by atoms with E-state index in [-0.39, 0.29) is 0 Å². The van der Waals surface area contributed by atoms with Crippen LogP contribution in [0.3, 0.4) is 0 Å². The van der Waals surface area contributed by atoms with Crippen molar-refractivity contribution < 1.29 is 9.53 Å². The second kappa shape index (κ2) is 16.5. The first-order chi connectivity index (χ1) is 5.91. The van der Waals surface area contributed by atoms with Gasteiger partial charge in [-0.05, 0) is 19.3 Å². The Labute approximate surface area is 74.6 Å². The zero-order valence-corrected chi connectivity index (χ0v) is 7.58. The Balaban J connectivity index is 0. The minimum Gasteiger partial charge on any atom is -0.372 e. The third kappa shape index (κ3) is 16.0. The molecule has 0 saturated carbocycles. The van der Waals surface area contributed by atoms with Crippen LogP contribution in [0.1, 0.15) is 19.3 Å². The average Bonchev–Trinajstić information content (AvgIpc) is 2.67. The molecule has 0 spiro atoms. The number of methoxy groups -OCH3 is 1. The normalized spacial score (nSPS) is 11.7. The molecule has 0 aliphatic heterocycles. The van der Waals surface area contributed by atoms with E-state index in [1.807, 2.05) is 6.79 Å². The number of ether oxygens (including phenoxy) is 1. The van der Waals surface area contributed by atoms with Gasteiger partial charge < -0.3 is 9.53 Å². The van der Waals surface area contributed by atoms with Crippen LogP contribution in [0.4, 0.5) is 0 Å². The van der Waals surface area contributed by atoms with Gasteiger partial charge in [0.25, 0.3) is 0 Å². The van der Waals surface area contributed by atoms with E-state index in [0.717, 1.165) is 0 Å². The van der Waals surface area contributed by atoms with E-state index in [2.05, 4.69) is 22.8 Å². The molecule has 0 aromatic heterocycles. The van der Waals surface area contributed by atoms with Crippen molar-refractivity contribution in [3.05, 3.63) is 12.2 Å². The summed E-state index contributed by atoms with van der Waals surface area (Å²) in [6.45, 7) is 2.42. The van der Waals surface area contributed by atoms with Gasteiger partial charge in [0.15, 0.2) is 0 Å². The molecule has 0 atom stereocenters. The molecule has 68 valence electrons. The first-order valence-electron chi connectivity index (χ1n) is 3.78. The van der Waals surface area contributed by atoms with Crippen LogP contribution in [0.15, 0.2) is 12.2 Å². The molecule has 2 heteroatoms. The summed E-state index contributed by atoms with van der Waals surface area (Å²) >= 11 is 0. The van der Waals surface area contributed by atoms with Crippen molar-refractivity contribution >= 4 is 6.79 Å². The van der Waals surface area contributed by atoms with E-state index in [1.165, 1.54) is 19.3 Å². The zero-order chi connectivity index (χ0) is 9.66. The van der Waals surface area contributed by atoms with E-state index in [1.54, 1.807) is 7.11 Å². The molecule has 0 heterocycles. The quantitative estimate of drug-likeness (QED) is 0.441. The lowest BCUT2D eigenvalue weighted by Crippen LogP contribution is -1.77. The van der Waals surface area contributed by atoms with Crippen LogP contribution in [0.2, 0.25) is 0 Å². The lowest BCUT2D eigenvalue weighted by Gasteiger charge is -1.76. The zero-order valence-electron chi connectivity index (χ0n) is 7.58. The number of hydrogen-bond donors (Lipinski definition) is 0. The molecule has 0 amide bonds. The summed E-state index contributed by atoms with van der Waals surface area (Å²) in [7, 11) is 1.57. The molecule has 12 heavy (non-hydrogen) atoms. The van der Waals surface area contributed by atoms with Crippen LogP contribution in [0.5, 0.6) is 0 Å². The van der Waals surface area contributed by atoms with E-state index in [9.17, 15) is 0 Å². The Morgan fingerprint density at radius 3 is 2.08 bits per heavy atom. The predicted octanol–water partition coefficient (Wildman–Crippen LogP) is 1.81. The lowest BCUT2D eigenvalue weighted by atomic mass is 10.4. The number of carbonyl (C=O) groups is 1. The largest absolute Gasteiger partial charge is 0.372 e. The van der Waals surface area contributed by atoms with Gasteiger partial charge in [-0.1, -0.05) is 18.1 Å². The summed E-state index contributed by atoms with van der Waals surface area (Å²) < 4.78 is 4.45. The van der Waals surface area contributed by atoms with Crippen molar-refractivity contribution in [3.8, 4) is 12.3 Å². The van der Waals surface area contributed by atoms with Crippen molar-refractivity contribution in [2.24, 2.45) is 0 Å². The average molecular weight is 168 g/mol. The summed E-state index contributed by atoms with van der Waals surface area (Å²) in [4.78, 5) is 8.00. The van der Waals surface area contributed by atoms with Crippen LogP contribution in [0, 0.1) is 12.3 Å². The highest BCUT2D eigenvalue weighted by Crippen LogP contribution is 2.05. The summed E-state index contributed by atoms with van der Waals surface area (Å²) in [5, 5.41) is 0. The number of carbonyl (C=O) groups excluding carboxylic acids is 1. The monoisotopic (exact) mass is 168 g/mol. The molecule has 1 aliphatic carbocycles. The highest BCUT2D eigenvalue weighted by molar-refractivity contribution is 5.10. The van der Waals surface area contributed by atoms with Crippen molar-refractivity contribution in [1.82, 2.24) is 0 Å². The second-order valence-corrected chi connectivity index (χ2v) is 2.04. The Morgan fingerprint density at radius 2 is 2.00 bits per heavy atom. The van der Waals surface area contributed by atoms with E-state index < -0.39 is 0 Å². The fourth-order valence-corrected chi connectivity index (χ4v) is 0.673. The fourth-order valence-electron chi connectivity index (χ4n) is 0.673. The number of hydrogen-bond acceptors (Lipinski definition) is 2. The van der Waals surface area contributed by atoms with Gasteiger partial charge in [-0.3, -0.25) is 0 Å². The summed E-state index contributed by atoms with van der Waals surface area (Å²) in [6.07, 6.45) is 13.3. The third-order valence-corrected chi connectivity index (χ3v) is 1.14. The van der Waals surface area contributed by atoms with Gasteiger partial charge in [0.1, 0.15) is 13.4 Å². The minimum absolute atomic E-state index is 0.417. The molecule has 1 aliphatic rings. The van der Waals surface area contributed by atoms with Crippen LogP contribution in [0.25, 0.3) is 0 Å². The molecule has 0 aromatic rings. The molecule has 0 fully saturated rings. The molecule has 0 saturated heterocycles. The predicted molar refractivity (Wildman–Crippen MR) is 50.8 cm³/mol. The van der Waals surface area contributed by atoms with Crippen LogP contribution >= 0.6 is 0 Å². The van der Waals surface area contributed by atoms with Crippen molar-refractivity contribution in [2.75, 3.05) is 13.7 Å². The lowest BCUT2D eigenvalue weighted by molar-refractivity contribution is -0.0979. The first kappa shape index (κ1) is 13.5. The number of allylic oxidation sites excluding steroid dienone is 2. The van der Waals surface area contributed by atoms with Crippen LogP contribution in [-0.2, 0) is 9.53 Å². The van der Waals surface area contributed by atoms with E-state index in [4.69, 9.17) is 11.2 Å². The van der Waals surface area contributed by atoms with E-state index in [0.29, 0.717) is 6.61 Å². The molecule has 0 radical (unpaired) electrons.